The van der Waals surface area contributed by atoms with E-state index >= 15 is 0 Å². The fourth-order valence-electron chi connectivity index (χ4n) is 4.80. The lowest BCUT2D eigenvalue weighted by atomic mass is 9.85. The minimum Gasteiger partial charge on any atom is -0.335 e. The van der Waals surface area contributed by atoms with Crippen LogP contribution in [-0.4, -0.2) is 41.6 Å². The lowest BCUT2D eigenvalue weighted by molar-refractivity contribution is -0.184. The summed E-state index contributed by atoms with van der Waals surface area (Å²) < 4.78 is 37.8. The number of hydrogen-bond acceptors (Lipinski definition) is 3. The molecular formula is C21H24F3NO3. The minimum atomic E-state index is -4.88. The number of alkyl halides is 3. The van der Waals surface area contributed by atoms with Crippen molar-refractivity contribution in [3.8, 4) is 0 Å². The predicted molar refractivity (Wildman–Crippen MR) is 96.9 cm³/mol. The third kappa shape index (κ3) is 3.84. The Balaban J connectivity index is 1.71. The van der Waals surface area contributed by atoms with E-state index in [1.54, 1.807) is 0 Å². The summed E-state index contributed by atoms with van der Waals surface area (Å²) in [5, 5.41) is 0. The summed E-state index contributed by atoms with van der Waals surface area (Å²) in [6, 6.07) is 3.90. The zero-order valence-electron chi connectivity index (χ0n) is 16.2. The molecule has 4 nitrogen and oxygen atoms in total. The Hall–Kier alpha value is -2.18. The van der Waals surface area contributed by atoms with Crippen molar-refractivity contribution in [2.75, 3.05) is 13.1 Å². The maximum absolute atomic E-state index is 13.0. The molecule has 1 aliphatic carbocycles. The first-order chi connectivity index (χ1) is 13.0. The second kappa shape index (κ2) is 7.33. The van der Waals surface area contributed by atoms with Crippen LogP contribution in [0, 0.1) is 32.6 Å². The monoisotopic (exact) mass is 395 g/mol. The Kier molecular flexibility index (Phi) is 5.38. The molecule has 1 aromatic rings. The fraction of sp³-hybridized carbons (Fsp3) is 0.571. The van der Waals surface area contributed by atoms with Crippen molar-refractivity contribution in [1.82, 2.24) is 4.90 Å². The van der Waals surface area contributed by atoms with Crippen LogP contribution in [0.15, 0.2) is 12.1 Å². The number of aryl methyl sites for hydroxylation is 3. The van der Waals surface area contributed by atoms with Gasteiger partial charge in [-0.15, -0.1) is 0 Å². The number of carbonyl (C=O) groups is 3. The first-order valence-corrected chi connectivity index (χ1v) is 9.49. The van der Waals surface area contributed by atoms with Crippen LogP contribution in [-0.2, 0) is 14.4 Å². The molecule has 2 fully saturated rings. The van der Waals surface area contributed by atoms with Crippen LogP contribution in [0.3, 0.4) is 0 Å². The molecule has 28 heavy (non-hydrogen) atoms. The normalized spacial score (nSPS) is 25.6. The van der Waals surface area contributed by atoms with Gasteiger partial charge in [-0.2, -0.15) is 13.2 Å². The molecule has 1 saturated heterocycles. The van der Waals surface area contributed by atoms with Crippen LogP contribution in [0.1, 0.15) is 47.4 Å². The molecule has 0 radical (unpaired) electrons. The van der Waals surface area contributed by atoms with Crippen LogP contribution < -0.4 is 0 Å². The van der Waals surface area contributed by atoms with E-state index in [0.717, 1.165) is 27.2 Å². The number of ketones is 2. The Morgan fingerprint density at radius 1 is 1.14 bits per heavy atom. The van der Waals surface area contributed by atoms with E-state index in [2.05, 4.69) is 0 Å². The number of hydrogen-bond donors (Lipinski definition) is 0. The summed E-state index contributed by atoms with van der Waals surface area (Å²) in [6.45, 7) is 5.77. The number of benzene rings is 1. The van der Waals surface area contributed by atoms with Crippen LogP contribution in [0.4, 0.5) is 13.2 Å². The van der Waals surface area contributed by atoms with Gasteiger partial charge in [0.25, 0.3) is 0 Å². The lowest BCUT2D eigenvalue weighted by Gasteiger charge is -2.19. The van der Waals surface area contributed by atoms with Gasteiger partial charge in [-0.3, -0.25) is 14.4 Å². The number of likely N-dealkylation sites (tertiary alicyclic amines) is 1. The average molecular weight is 395 g/mol. The van der Waals surface area contributed by atoms with Gasteiger partial charge in [-0.1, -0.05) is 17.7 Å². The van der Waals surface area contributed by atoms with E-state index in [-0.39, 0.29) is 37.0 Å². The Morgan fingerprint density at radius 3 is 2.32 bits per heavy atom. The number of halogens is 3. The molecule has 3 atom stereocenters. The van der Waals surface area contributed by atoms with E-state index in [9.17, 15) is 27.6 Å². The van der Waals surface area contributed by atoms with Crippen LogP contribution in [0.2, 0.25) is 0 Å². The third-order valence-electron chi connectivity index (χ3n) is 5.92. The molecule has 2 aliphatic rings. The van der Waals surface area contributed by atoms with Crippen molar-refractivity contribution in [2.24, 2.45) is 11.8 Å². The van der Waals surface area contributed by atoms with Crippen LogP contribution >= 0.6 is 0 Å². The van der Waals surface area contributed by atoms with Gasteiger partial charge in [0.05, 0.1) is 0 Å². The molecule has 0 aromatic heterocycles. The highest BCUT2D eigenvalue weighted by atomic mass is 19.4. The SMILES string of the molecule is Cc1cc(C)c(C2C(=O)CC(CC3CCN(C(=O)C(F)(F)F)C3)C2=O)c(C)c1. The summed E-state index contributed by atoms with van der Waals surface area (Å²) in [5.74, 6) is -3.53. The number of amides is 1. The summed E-state index contributed by atoms with van der Waals surface area (Å²) >= 11 is 0. The van der Waals surface area contributed by atoms with Crippen LogP contribution in [0.25, 0.3) is 0 Å². The number of carbonyl (C=O) groups excluding carboxylic acids is 3. The van der Waals surface area contributed by atoms with Gasteiger partial charge in [-0.05, 0) is 56.2 Å². The van der Waals surface area contributed by atoms with Crippen molar-refractivity contribution in [1.29, 1.82) is 0 Å². The van der Waals surface area contributed by atoms with E-state index in [4.69, 9.17) is 0 Å². The minimum absolute atomic E-state index is 0.0103. The molecular weight excluding hydrogens is 371 g/mol. The molecule has 1 heterocycles. The van der Waals surface area contributed by atoms with Gasteiger partial charge in [0.2, 0.25) is 0 Å². The highest BCUT2D eigenvalue weighted by Gasteiger charge is 2.47. The molecule has 3 unspecified atom stereocenters. The number of rotatable bonds is 3. The van der Waals surface area contributed by atoms with Gasteiger partial charge in [0.15, 0.2) is 5.78 Å². The summed E-state index contributed by atoms with van der Waals surface area (Å²) in [7, 11) is 0. The maximum atomic E-state index is 13.0. The zero-order valence-corrected chi connectivity index (χ0v) is 16.2. The standard InChI is InChI=1S/C21H24F3NO3/c1-11-6-12(2)17(13(3)7-11)18-16(26)9-15(19(18)27)8-14-4-5-25(10-14)20(28)21(22,23)24/h6-7,14-15,18H,4-5,8-10H2,1-3H3. The van der Waals surface area contributed by atoms with Crippen molar-refractivity contribution in [3.63, 3.8) is 0 Å². The summed E-state index contributed by atoms with van der Waals surface area (Å²) in [5.41, 5.74) is 3.65. The van der Waals surface area contributed by atoms with Crippen molar-refractivity contribution in [2.45, 2.75) is 52.1 Å². The molecule has 1 saturated carbocycles. The molecule has 0 N–H and O–H groups in total. The quantitative estimate of drug-likeness (QED) is 0.734. The summed E-state index contributed by atoms with van der Waals surface area (Å²) in [4.78, 5) is 37.8. The van der Waals surface area contributed by atoms with Gasteiger partial charge >= 0.3 is 12.1 Å². The second-order valence-corrected chi connectivity index (χ2v) is 8.15. The van der Waals surface area contributed by atoms with Gasteiger partial charge in [0, 0.05) is 25.4 Å². The van der Waals surface area contributed by atoms with Gasteiger partial charge in [0.1, 0.15) is 11.7 Å². The molecule has 152 valence electrons. The van der Waals surface area contributed by atoms with E-state index in [1.165, 1.54) is 0 Å². The first-order valence-electron chi connectivity index (χ1n) is 9.49. The smallest absolute Gasteiger partial charge is 0.335 e. The Bertz CT molecular complexity index is 808. The van der Waals surface area contributed by atoms with Crippen molar-refractivity contribution in [3.05, 3.63) is 34.4 Å². The third-order valence-corrected chi connectivity index (χ3v) is 5.92. The first kappa shape index (κ1) is 20.6. The number of Topliss-reactive ketones (excluding diaryl/α,β-unsaturated/α-hetero) is 2. The number of nitrogens with zero attached hydrogens (tertiary/aromatic N) is 1. The van der Waals surface area contributed by atoms with Crippen LogP contribution in [0.5, 0.6) is 0 Å². The molecule has 0 bridgehead atoms. The molecule has 1 amide bonds. The summed E-state index contributed by atoms with van der Waals surface area (Å²) in [6.07, 6.45) is -3.97. The van der Waals surface area contributed by atoms with Gasteiger partial charge in [-0.25, -0.2) is 0 Å². The highest BCUT2D eigenvalue weighted by Crippen LogP contribution is 2.40. The topological polar surface area (TPSA) is 54.5 Å². The van der Waals surface area contributed by atoms with E-state index < -0.39 is 23.9 Å². The molecule has 1 aliphatic heterocycles. The Morgan fingerprint density at radius 2 is 1.75 bits per heavy atom. The van der Waals surface area contributed by atoms with E-state index in [1.807, 2.05) is 32.9 Å². The largest absolute Gasteiger partial charge is 0.471 e. The predicted octanol–water partition coefficient (Wildman–Crippen LogP) is 3.65. The second-order valence-electron chi connectivity index (χ2n) is 8.15. The van der Waals surface area contributed by atoms with Gasteiger partial charge < -0.3 is 4.90 Å². The van der Waals surface area contributed by atoms with Crippen molar-refractivity contribution < 1.29 is 27.6 Å². The Labute approximate surface area is 162 Å². The average Bonchev–Trinajstić information content (AvgIpc) is 3.12. The van der Waals surface area contributed by atoms with E-state index in [0.29, 0.717) is 12.8 Å². The fourth-order valence-corrected chi connectivity index (χ4v) is 4.80. The maximum Gasteiger partial charge on any atom is 0.471 e. The lowest BCUT2D eigenvalue weighted by Crippen LogP contribution is -2.39. The molecule has 0 spiro atoms. The highest BCUT2D eigenvalue weighted by molar-refractivity contribution is 6.15. The molecule has 3 rings (SSSR count). The van der Waals surface area contributed by atoms with Crippen molar-refractivity contribution >= 4 is 17.5 Å². The molecule has 1 aromatic carbocycles. The molecule has 7 heteroatoms. The zero-order chi connectivity index (χ0) is 20.8.